The van der Waals surface area contributed by atoms with E-state index in [9.17, 15) is 0 Å². The van der Waals surface area contributed by atoms with E-state index in [0.29, 0.717) is 11.8 Å². The van der Waals surface area contributed by atoms with Gasteiger partial charge in [-0.05, 0) is 31.1 Å². The first-order valence-corrected chi connectivity index (χ1v) is 5.29. The summed E-state index contributed by atoms with van der Waals surface area (Å²) in [5, 5.41) is 8.49. The average Bonchev–Trinajstić information content (AvgIpc) is 2.63. The van der Waals surface area contributed by atoms with Gasteiger partial charge >= 0.3 is 0 Å². The van der Waals surface area contributed by atoms with Crippen LogP contribution < -0.4 is 0 Å². The van der Waals surface area contributed by atoms with E-state index in [1.54, 1.807) is 0 Å². The lowest BCUT2D eigenvalue weighted by molar-refractivity contribution is 0.349. The maximum atomic E-state index is 8.70. The van der Waals surface area contributed by atoms with Crippen molar-refractivity contribution in [3.05, 3.63) is 0 Å². The van der Waals surface area contributed by atoms with Gasteiger partial charge in [0.15, 0.2) is 0 Å². The first-order chi connectivity index (χ1) is 5.74. The van der Waals surface area contributed by atoms with Gasteiger partial charge in [-0.25, -0.2) is 0 Å². The largest absolute Gasteiger partial charge is 0.197 e. The maximum Gasteiger partial charge on any atom is 0.125 e. The minimum atomic E-state index is -0.372. The molecular formula is C9H11Cl2N. The zero-order valence-corrected chi connectivity index (χ0v) is 8.22. The molecule has 1 nitrogen and oxygen atoms in total. The summed E-state index contributed by atoms with van der Waals surface area (Å²) in [6.45, 7) is 0. The third-order valence-electron chi connectivity index (χ3n) is 3.34. The highest BCUT2D eigenvalue weighted by Crippen LogP contribution is 2.52. The second kappa shape index (κ2) is 3.09. The molecule has 2 aliphatic rings. The molecule has 3 heteroatoms. The van der Waals surface area contributed by atoms with E-state index in [1.165, 1.54) is 19.3 Å². The summed E-state index contributed by atoms with van der Waals surface area (Å²) in [5.74, 6) is 1.51. The Morgan fingerprint density at radius 3 is 2.50 bits per heavy atom. The molecule has 5 atom stereocenters. The zero-order valence-electron chi connectivity index (χ0n) is 6.71. The Kier molecular flexibility index (Phi) is 2.23. The predicted molar refractivity (Wildman–Crippen MR) is 49.2 cm³/mol. The minimum Gasteiger partial charge on any atom is -0.197 e. The molecule has 5 unspecified atom stereocenters. The Balaban J connectivity index is 2.13. The van der Waals surface area contributed by atoms with Crippen molar-refractivity contribution in [3.63, 3.8) is 0 Å². The van der Waals surface area contributed by atoms with Crippen molar-refractivity contribution in [2.75, 3.05) is 0 Å². The van der Waals surface area contributed by atoms with Crippen molar-refractivity contribution >= 4 is 23.2 Å². The van der Waals surface area contributed by atoms with Gasteiger partial charge < -0.3 is 0 Å². The lowest BCUT2D eigenvalue weighted by atomic mass is 9.86. The van der Waals surface area contributed by atoms with Gasteiger partial charge in [0.25, 0.3) is 0 Å². The highest BCUT2D eigenvalue weighted by molar-refractivity contribution is 6.25. The molecule has 0 heterocycles. The Hall–Kier alpha value is 0.0700. The van der Waals surface area contributed by atoms with Crippen LogP contribution in [0.1, 0.15) is 19.3 Å². The summed E-state index contributed by atoms with van der Waals surface area (Å²) < 4.78 is 0. The van der Waals surface area contributed by atoms with E-state index < -0.39 is 0 Å². The number of halogens is 2. The van der Waals surface area contributed by atoms with E-state index in [-0.39, 0.29) is 16.7 Å². The summed E-state index contributed by atoms with van der Waals surface area (Å²) in [5.41, 5.74) is 0. The molecule has 66 valence electrons. The van der Waals surface area contributed by atoms with Gasteiger partial charge in [-0.2, -0.15) is 5.26 Å². The monoisotopic (exact) mass is 203 g/mol. The van der Waals surface area contributed by atoms with E-state index >= 15 is 0 Å². The van der Waals surface area contributed by atoms with Gasteiger partial charge in [-0.15, -0.1) is 23.2 Å². The van der Waals surface area contributed by atoms with Crippen LogP contribution in [0, 0.1) is 29.1 Å². The van der Waals surface area contributed by atoms with Gasteiger partial charge in [0, 0.05) is 11.3 Å². The molecule has 0 aromatic carbocycles. The molecule has 0 amide bonds. The van der Waals surface area contributed by atoms with Crippen LogP contribution in [0.2, 0.25) is 0 Å². The zero-order chi connectivity index (χ0) is 8.72. The number of hydrogen-bond acceptors (Lipinski definition) is 1. The van der Waals surface area contributed by atoms with Gasteiger partial charge in [0.05, 0.1) is 6.07 Å². The fraction of sp³-hybridized carbons (Fsp3) is 0.889. The first-order valence-electron chi connectivity index (χ1n) is 4.42. The average molecular weight is 204 g/mol. The Bertz CT molecular complexity index is 221. The molecule has 0 aliphatic heterocycles. The van der Waals surface area contributed by atoms with E-state index in [2.05, 4.69) is 6.07 Å². The van der Waals surface area contributed by atoms with Crippen LogP contribution in [0.25, 0.3) is 0 Å². The van der Waals surface area contributed by atoms with Crippen molar-refractivity contribution in [1.82, 2.24) is 0 Å². The van der Waals surface area contributed by atoms with E-state index in [4.69, 9.17) is 28.5 Å². The molecule has 2 bridgehead atoms. The van der Waals surface area contributed by atoms with Gasteiger partial charge in [0.1, 0.15) is 5.38 Å². The normalized spacial score (nSPS) is 47.4. The lowest BCUT2D eigenvalue weighted by Crippen LogP contribution is -2.29. The van der Waals surface area contributed by atoms with Crippen molar-refractivity contribution < 1.29 is 0 Å². The second-order valence-electron chi connectivity index (χ2n) is 3.89. The Morgan fingerprint density at radius 1 is 1.33 bits per heavy atom. The molecule has 0 radical (unpaired) electrons. The topological polar surface area (TPSA) is 23.8 Å². The molecule has 2 rings (SSSR count). The summed E-state index contributed by atoms with van der Waals surface area (Å²) in [7, 11) is 0. The van der Waals surface area contributed by atoms with Crippen molar-refractivity contribution in [1.29, 1.82) is 5.26 Å². The predicted octanol–water partition coefficient (Wildman–Crippen LogP) is 2.77. The molecule has 12 heavy (non-hydrogen) atoms. The summed E-state index contributed by atoms with van der Waals surface area (Å²) in [4.78, 5) is 0. The number of nitrogens with zero attached hydrogens (tertiary/aromatic N) is 1. The van der Waals surface area contributed by atoms with Gasteiger partial charge in [-0.3, -0.25) is 0 Å². The third-order valence-corrected chi connectivity index (χ3v) is 4.37. The molecule has 2 aliphatic carbocycles. The molecule has 2 saturated carbocycles. The van der Waals surface area contributed by atoms with Gasteiger partial charge in [-0.1, -0.05) is 0 Å². The smallest absolute Gasteiger partial charge is 0.125 e. The van der Waals surface area contributed by atoms with Crippen LogP contribution in [-0.2, 0) is 0 Å². The van der Waals surface area contributed by atoms with Crippen LogP contribution in [-0.4, -0.2) is 10.8 Å². The Morgan fingerprint density at radius 2 is 2.00 bits per heavy atom. The van der Waals surface area contributed by atoms with Crippen LogP contribution >= 0.6 is 23.2 Å². The highest BCUT2D eigenvalue weighted by atomic mass is 35.5. The molecule has 0 spiro atoms. The number of nitriles is 1. The number of rotatable bonds is 1. The van der Waals surface area contributed by atoms with Crippen LogP contribution in [0.4, 0.5) is 0 Å². The van der Waals surface area contributed by atoms with E-state index in [1.807, 2.05) is 0 Å². The highest BCUT2D eigenvalue weighted by Gasteiger charge is 2.49. The summed E-state index contributed by atoms with van der Waals surface area (Å²) >= 11 is 12.1. The SMILES string of the molecule is N#CC(Cl)C1C2CCC(C2)C1Cl. The van der Waals surface area contributed by atoms with Crippen LogP contribution in [0.15, 0.2) is 0 Å². The fourth-order valence-electron chi connectivity index (χ4n) is 2.75. The van der Waals surface area contributed by atoms with Crippen molar-refractivity contribution in [2.45, 2.75) is 30.0 Å². The van der Waals surface area contributed by atoms with E-state index in [0.717, 1.165) is 0 Å². The van der Waals surface area contributed by atoms with Crippen LogP contribution in [0.5, 0.6) is 0 Å². The fourth-order valence-corrected chi connectivity index (χ4v) is 3.77. The first kappa shape index (κ1) is 8.66. The number of hydrogen-bond donors (Lipinski definition) is 0. The molecule has 0 aromatic rings. The lowest BCUT2D eigenvalue weighted by Gasteiger charge is -2.26. The minimum absolute atomic E-state index is 0.158. The van der Waals surface area contributed by atoms with Crippen LogP contribution in [0.3, 0.4) is 0 Å². The number of fused-ring (bicyclic) bond motifs is 2. The molecule has 0 N–H and O–H groups in total. The summed E-state index contributed by atoms with van der Waals surface area (Å²) in [6.07, 6.45) is 3.66. The summed E-state index contributed by atoms with van der Waals surface area (Å²) in [6, 6.07) is 2.10. The molecule has 0 saturated heterocycles. The molecule has 0 aromatic heterocycles. The third kappa shape index (κ3) is 1.13. The standard InChI is InChI=1S/C9H11Cl2N/c10-7(4-12)8-5-1-2-6(3-5)9(8)11/h5-9H,1-3H2. The maximum absolute atomic E-state index is 8.70. The van der Waals surface area contributed by atoms with Crippen molar-refractivity contribution in [3.8, 4) is 6.07 Å². The quantitative estimate of drug-likeness (QED) is 0.602. The second-order valence-corrected chi connectivity index (χ2v) is 4.86. The van der Waals surface area contributed by atoms with Crippen molar-refractivity contribution in [2.24, 2.45) is 17.8 Å². The van der Waals surface area contributed by atoms with Gasteiger partial charge in [0.2, 0.25) is 0 Å². The molecular weight excluding hydrogens is 193 g/mol. The molecule has 2 fully saturated rings. The Labute approximate surface area is 82.6 Å². The number of alkyl halides is 2.